The molecule has 2 heteroatoms. The van der Waals surface area contributed by atoms with E-state index in [4.69, 9.17) is 4.74 Å². The van der Waals surface area contributed by atoms with Gasteiger partial charge in [0.1, 0.15) is 0 Å². The van der Waals surface area contributed by atoms with Gasteiger partial charge in [-0.15, -0.1) is 0 Å². The molecule has 0 atom stereocenters. The zero-order valence-corrected chi connectivity index (χ0v) is 10.7. The molecule has 0 aromatic heterocycles. The minimum atomic E-state index is -0.462. The Morgan fingerprint density at radius 2 is 1.29 bits per heavy atom. The van der Waals surface area contributed by atoms with Gasteiger partial charge in [-0.3, -0.25) is 0 Å². The molecule has 0 aliphatic carbocycles. The van der Waals surface area contributed by atoms with E-state index in [1.165, 1.54) is 10.6 Å². The molecule has 2 rings (SSSR count). The lowest BCUT2D eigenvalue weighted by Crippen LogP contribution is -2.09. The van der Waals surface area contributed by atoms with Crippen molar-refractivity contribution in [2.75, 3.05) is 7.11 Å². The Balaban J connectivity index is 2.36. The lowest BCUT2D eigenvalue weighted by molar-refractivity contribution is 0.339. The Kier molecular flexibility index (Phi) is 4.35. The largest absolute Gasteiger partial charge is 0.504 e. The predicted molar refractivity (Wildman–Crippen MR) is 75.2 cm³/mol. The van der Waals surface area contributed by atoms with Crippen molar-refractivity contribution in [2.45, 2.75) is 0 Å². The number of ether oxygens (including phenoxy) is 1. The van der Waals surface area contributed by atoms with Gasteiger partial charge in [0, 0.05) is 0 Å². The van der Waals surface area contributed by atoms with E-state index >= 15 is 0 Å². The first-order valence-corrected chi connectivity index (χ1v) is 6.91. The quantitative estimate of drug-likeness (QED) is 0.590. The van der Waals surface area contributed by atoms with E-state index in [9.17, 15) is 0 Å². The lowest BCUT2D eigenvalue weighted by atomic mass is 10.4. The van der Waals surface area contributed by atoms with E-state index < -0.39 is 7.92 Å². The van der Waals surface area contributed by atoms with Crippen LogP contribution in [-0.4, -0.2) is 7.11 Å². The molecule has 86 valence electrons. The first kappa shape index (κ1) is 11.9. The topological polar surface area (TPSA) is 9.23 Å². The Morgan fingerprint density at radius 1 is 0.824 bits per heavy atom. The lowest BCUT2D eigenvalue weighted by Gasteiger charge is -2.13. The van der Waals surface area contributed by atoms with Gasteiger partial charge in [0.05, 0.1) is 13.4 Å². The SMILES string of the molecule is CO/C=C/P(c1ccccc1)c1ccccc1. The Labute approximate surface area is 104 Å². The second kappa shape index (κ2) is 6.22. The van der Waals surface area contributed by atoms with Gasteiger partial charge in [-0.25, -0.2) is 0 Å². The van der Waals surface area contributed by atoms with Crippen LogP contribution in [0.2, 0.25) is 0 Å². The molecule has 0 spiro atoms. The number of rotatable bonds is 4. The molecule has 0 heterocycles. The summed E-state index contributed by atoms with van der Waals surface area (Å²) in [6.07, 6.45) is 1.77. The fourth-order valence-electron chi connectivity index (χ4n) is 1.62. The summed E-state index contributed by atoms with van der Waals surface area (Å²) in [6, 6.07) is 21.1. The highest BCUT2D eigenvalue weighted by molar-refractivity contribution is 7.75. The van der Waals surface area contributed by atoms with E-state index in [-0.39, 0.29) is 0 Å². The van der Waals surface area contributed by atoms with Crippen LogP contribution in [0.1, 0.15) is 0 Å². The zero-order valence-electron chi connectivity index (χ0n) is 9.78. The minimum Gasteiger partial charge on any atom is -0.504 e. The first-order chi connectivity index (χ1) is 8.42. The fraction of sp³-hybridized carbons (Fsp3) is 0.0667. The molecule has 0 saturated carbocycles. The average molecular weight is 242 g/mol. The van der Waals surface area contributed by atoms with Gasteiger partial charge in [0.15, 0.2) is 0 Å². The van der Waals surface area contributed by atoms with E-state index in [1.807, 2.05) is 12.1 Å². The summed E-state index contributed by atoms with van der Waals surface area (Å²) in [7, 11) is 1.22. The van der Waals surface area contributed by atoms with Crippen LogP contribution < -0.4 is 10.6 Å². The Morgan fingerprint density at radius 3 is 1.71 bits per heavy atom. The van der Waals surface area contributed by atoms with E-state index in [2.05, 4.69) is 54.3 Å². The fourth-order valence-corrected chi connectivity index (χ4v) is 3.49. The van der Waals surface area contributed by atoms with Gasteiger partial charge in [0.25, 0.3) is 0 Å². The van der Waals surface area contributed by atoms with Crippen LogP contribution >= 0.6 is 7.92 Å². The smallest absolute Gasteiger partial charge is 0.0835 e. The molecule has 0 bridgehead atoms. The minimum absolute atomic E-state index is 0.462. The molecule has 0 aliphatic heterocycles. The maximum atomic E-state index is 5.05. The second-order valence-electron chi connectivity index (χ2n) is 3.56. The molecule has 2 aromatic rings. The van der Waals surface area contributed by atoms with Crippen molar-refractivity contribution >= 4 is 18.5 Å². The summed E-state index contributed by atoms with van der Waals surface area (Å²) >= 11 is 0. The molecular weight excluding hydrogens is 227 g/mol. The second-order valence-corrected chi connectivity index (χ2v) is 5.63. The molecule has 0 N–H and O–H groups in total. The number of benzene rings is 2. The summed E-state index contributed by atoms with van der Waals surface area (Å²) in [6.45, 7) is 0. The van der Waals surface area contributed by atoms with Crippen molar-refractivity contribution in [3.63, 3.8) is 0 Å². The number of hydrogen-bond acceptors (Lipinski definition) is 1. The van der Waals surface area contributed by atoms with E-state index in [0.717, 1.165) is 0 Å². The highest BCUT2D eigenvalue weighted by atomic mass is 31.1. The summed E-state index contributed by atoms with van der Waals surface area (Å²) in [5.41, 5.74) is 0. The molecular formula is C15H15OP. The van der Waals surface area contributed by atoms with Gasteiger partial charge in [-0.1, -0.05) is 60.7 Å². The van der Waals surface area contributed by atoms with Gasteiger partial charge in [-0.2, -0.15) is 0 Å². The van der Waals surface area contributed by atoms with Crippen LogP contribution in [0.4, 0.5) is 0 Å². The number of methoxy groups -OCH3 is 1. The normalized spacial score (nSPS) is 10.9. The van der Waals surface area contributed by atoms with E-state index in [0.29, 0.717) is 0 Å². The molecule has 1 nitrogen and oxygen atoms in total. The molecule has 17 heavy (non-hydrogen) atoms. The molecule has 0 amide bonds. The van der Waals surface area contributed by atoms with Crippen molar-refractivity contribution in [3.8, 4) is 0 Å². The van der Waals surface area contributed by atoms with Crippen molar-refractivity contribution in [3.05, 3.63) is 72.7 Å². The predicted octanol–water partition coefficient (Wildman–Crippen LogP) is 3.24. The summed E-state index contributed by atoms with van der Waals surface area (Å²) in [5, 5.41) is 2.67. The maximum Gasteiger partial charge on any atom is 0.0835 e. The molecule has 0 saturated heterocycles. The van der Waals surface area contributed by atoms with Gasteiger partial charge < -0.3 is 4.74 Å². The van der Waals surface area contributed by atoms with Gasteiger partial charge in [0.2, 0.25) is 0 Å². The number of hydrogen-bond donors (Lipinski definition) is 0. The summed E-state index contributed by atoms with van der Waals surface area (Å²) in [4.78, 5) is 0. The van der Waals surface area contributed by atoms with Crippen LogP contribution in [0.15, 0.2) is 72.7 Å². The average Bonchev–Trinajstić information content (AvgIpc) is 2.42. The van der Waals surface area contributed by atoms with Crippen molar-refractivity contribution in [1.29, 1.82) is 0 Å². The third-order valence-corrected chi connectivity index (χ3v) is 4.54. The van der Waals surface area contributed by atoms with Crippen LogP contribution in [0.25, 0.3) is 0 Å². The van der Waals surface area contributed by atoms with Crippen LogP contribution in [0, 0.1) is 0 Å². The molecule has 2 aromatic carbocycles. The third-order valence-electron chi connectivity index (χ3n) is 2.41. The monoisotopic (exact) mass is 242 g/mol. The summed E-state index contributed by atoms with van der Waals surface area (Å²) in [5.74, 6) is 2.14. The van der Waals surface area contributed by atoms with Crippen molar-refractivity contribution < 1.29 is 4.74 Å². The first-order valence-electron chi connectivity index (χ1n) is 5.50. The maximum absolute atomic E-state index is 5.05. The molecule has 0 unspecified atom stereocenters. The Bertz CT molecular complexity index is 425. The van der Waals surface area contributed by atoms with Gasteiger partial charge in [-0.05, 0) is 24.3 Å². The Hall–Kier alpha value is -1.59. The van der Waals surface area contributed by atoms with E-state index in [1.54, 1.807) is 13.4 Å². The highest BCUT2D eigenvalue weighted by Crippen LogP contribution is 2.34. The summed E-state index contributed by atoms with van der Waals surface area (Å²) < 4.78 is 5.05. The van der Waals surface area contributed by atoms with Crippen molar-refractivity contribution in [2.24, 2.45) is 0 Å². The standard InChI is InChI=1S/C15H15OP/c1-16-12-13-17(14-8-4-2-5-9-14)15-10-6-3-7-11-15/h2-13H,1H3/b13-12+. The highest BCUT2D eigenvalue weighted by Gasteiger charge is 2.09. The van der Waals surface area contributed by atoms with Gasteiger partial charge >= 0.3 is 0 Å². The molecule has 0 fully saturated rings. The molecule has 0 radical (unpaired) electrons. The zero-order chi connectivity index (χ0) is 11.9. The van der Waals surface area contributed by atoms with Crippen LogP contribution in [-0.2, 0) is 4.74 Å². The molecule has 0 aliphatic rings. The third kappa shape index (κ3) is 3.18. The van der Waals surface area contributed by atoms with Crippen LogP contribution in [0.3, 0.4) is 0 Å². The van der Waals surface area contributed by atoms with Crippen LogP contribution in [0.5, 0.6) is 0 Å². The van der Waals surface area contributed by atoms with Crippen molar-refractivity contribution in [1.82, 2.24) is 0 Å².